The van der Waals surface area contributed by atoms with E-state index < -0.39 is 0 Å². The van der Waals surface area contributed by atoms with E-state index in [9.17, 15) is 4.79 Å². The van der Waals surface area contributed by atoms with Crippen LogP contribution in [0.2, 0.25) is 5.02 Å². The molecule has 0 heterocycles. The summed E-state index contributed by atoms with van der Waals surface area (Å²) in [5, 5.41) is 0.642. The number of nitrogens with zero attached hydrogens (tertiary/aromatic N) is 1. The largest absolute Gasteiger partial charge is 0.492 e. The predicted molar refractivity (Wildman–Crippen MR) is 82.1 cm³/mol. The summed E-state index contributed by atoms with van der Waals surface area (Å²) < 4.78 is 5.55. The molecule has 1 unspecified atom stereocenters. The zero-order valence-electron chi connectivity index (χ0n) is 12.1. The molecule has 0 radical (unpaired) electrons. The zero-order valence-corrected chi connectivity index (χ0v) is 12.9. The highest BCUT2D eigenvalue weighted by Gasteiger charge is 2.08. The number of rotatable bonds is 8. The van der Waals surface area contributed by atoms with Gasteiger partial charge in [-0.2, -0.15) is 0 Å². The number of nitrogens with two attached hydrogens (primary N) is 1. The van der Waals surface area contributed by atoms with Crippen LogP contribution in [0, 0.1) is 0 Å². The van der Waals surface area contributed by atoms with Gasteiger partial charge in [0.25, 0.3) is 0 Å². The maximum absolute atomic E-state index is 11.8. The summed E-state index contributed by atoms with van der Waals surface area (Å²) in [5.74, 6) is 0.843. The first-order chi connectivity index (χ1) is 9.49. The van der Waals surface area contributed by atoms with Gasteiger partial charge in [0.1, 0.15) is 12.4 Å². The summed E-state index contributed by atoms with van der Waals surface area (Å²) in [7, 11) is 1.79. The number of hydrogen-bond donors (Lipinski definition) is 1. The first-order valence-electron chi connectivity index (χ1n) is 6.87. The van der Waals surface area contributed by atoms with Gasteiger partial charge in [-0.15, -0.1) is 0 Å². The molecule has 0 saturated heterocycles. The minimum Gasteiger partial charge on any atom is -0.492 e. The Morgan fingerprint density at radius 1 is 1.50 bits per heavy atom. The molecule has 0 aliphatic rings. The fourth-order valence-electron chi connectivity index (χ4n) is 1.75. The minimum atomic E-state index is 0.125. The number of halogens is 1. The van der Waals surface area contributed by atoms with Crippen molar-refractivity contribution in [2.45, 2.75) is 32.2 Å². The van der Waals surface area contributed by atoms with Crippen molar-refractivity contribution in [3.63, 3.8) is 0 Å². The molecule has 0 bridgehead atoms. The lowest BCUT2D eigenvalue weighted by atomic mass is 10.1. The van der Waals surface area contributed by atoms with Crippen molar-refractivity contribution in [1.29, 1.82) is 0 Å². The average molecular weight is 299 g/mol. The molecule has 1 atom stereocenters. The second-order valence-corrected chi connectivity index (χ2v) is 5.43. The van der Waals surface area contributed by atoms with Crippen LogP contribution < -0.4 is 10.5 Å². The fraction of sp³-hybridized carbons (Fsp3) is 0.533. The molecule has 0 fully saturated rings. The van der Waals surface area contributed by atoms with Crippen LogP contribution in [0.3, 0.4) is 0 Å². The Balaban J connectivity index is 2.22. The molecule has 0 spiro atoms. The number of carbonyl (C=O) groups is 1. The summed E-state index contributed by atoms with van der Waals surface area (Å²) in [6, 6.07) is 7.38. The van der Waals surface area contributed by atoms with Crippen molar-refractivity contribution in [1.82, 2.24) is 4.90 Å². The SMILES string of the molecule is CC(N)CCCC(=O)N(C)CCOc1cccc(Cl)c1. The molecular weight excluding hydrogens is 276 g/mol. The van der Waals surface area contributed by atoms with E-state index in [1.165, 1.54) is 0 Å². The second-order valence-electron chi connectivity index (χ2n) is 4.99. The van der Waals surface area contributed by atoms with Crippen molar-refractivity contribution in [3.05, 3.63) is 29.3 Å². The monoisotopic (exact) mass is 298 g/mol. The van der Waals surface area contributed by atoms with E-state index in [0.717, 1.165) is 18.6 Å². The highest BCUT2D eigenvalue weighted by molar-refractivity contribution is 6.30. The third-order valence-corrected chi connectivity index (χ3v) is 3.20. The molecular formula is C15H23ClN2O2. The van der Waals surface area contributed by atoms with Crippen LogP contribution in [-0.4, -0.2) is 37.0 Å². The quantitative estimate of drug-likeness (QED) is 0.803. The molecule has 2 N–H and O–H groups in total. The summed E-state index contributed by atoms with van der Waals surface area (Å²) in [6.45, 7) is 2.96. The van der Waals surface area contributed by atoms with Gasteiger partial charge in [-0.25, -0.2) is 0 Å². The van der Waals surface area contributed by atoms with E-state index in [1.54, 1.807) is 24.1 Å². The standard InChI is InChI=1S/C15H23ClN2O2/c1-12(17)5-3-8-15(19)18(2)9-10-20-14-7-4-6-13(16)11-14/h4,6-7,11-12H,3,5,8-10,17H2,1-2H3. The normalized spacial score (nSPS) is 12.0. The van der Waals surface area contributed by atoms with E-state index in [1.807, 2.05) is 19.1 Å². The molecule has 0 aliphatic carbocycles. The van der Waals surface area contributed by atoms with Crippen molar-refractivity contribution < 1.29 is 9.53 Å². The van der Waals surface area contributed by atoms with Crippen LogP contribution >= 0.6 is 11.6 Å². The topological polar surface area (TPSA) is 55.6 Å². The van der Waals surface area contributed by atoms with Gasteiger partial charge in [-0.05, 0) is 38.0 Å². The number of likely N-dealkylation sites (N-methyl/N-ethyl adjacent to an activating group) is 1. The maximum Gasteiger partial charge on any atom is 0.222 e. The van der Waals surface area contributed by atoms with Crippen LogP contribution in [0.4, 0.5) is 0 Å². The highest BCUT2D eigenvalue weighted by atomic mass is 35.5. The Bertz CT molecular complexity index is 424. The van der Waals surface area contributed by atoms with Gasteiger partial charge in [0.2, 0.25) is 5.91 Å². The van der Waals surface area contributed by atoms with Crippen molar-refractivity contribution in [2.24, 2.45) is 5.73 Å². The Kier molecular flexibility index (Phi) is 7.41. The maximum atomic E-state index is 11.8. The van der Waals surface area contributed by atoms with Crippen LogP contribution in [0.25, 0.3) is 0 Å². The van der Waals surface area contributed by atoms with Crippen molar-refractivity contribution >= 4 is 17.5 Å². The van der Waals surface area contributed by atoms with E-state index >= 15 is 0 Å². The molecule has 1 aromatic rings. The van der Waals surface area contributed by atoms with E-state index in [-0.39, 0.29) is 11.9 Å². The minimum absolute atomic E-state index is 0.125. The Morgan fingerprint density at radius 2 is 2.25 bits per heavy atom. The molecule has 0 saturated carbocycles. The predicted octanol–water partition coefficient (Wildman–Crippen LogP) is 2.69. The molecule has 1 rings (SSSR count). The fourth-order valence-corrected chi connectivity index (χ4v) is 1.93. The van der Waals surface area contributed by atoms with Gasteiger partial charge in [0.15, 0.2) is 0 Å². The van der Waals surface area contributed by atoms with Gasteiger partial charge in [0.05, 0.1) is 6.54 Å². The Morgan fingerprint density at radius 3 is 2.90 bits per heavy atom. The third kappa shape index (κ3) is 6.78. The number of ether oxygens (including phenoxy) is 1. The molecule has 4 nitrogen and oxygen atoms in total. The Labute approximate surface area is 125 Å². The van der Waals surface area contributed by atoms with Gasteiger partial charge in [-0.3, -0.25) is 4.79 Å². The molecule has 20 heavy (non-hydrogen) atoms. The highest BCUT2D eigenvalue weighted by Crippen LogP contribution is 2.16. The lowest BCUT2D eigenvalue weighted by molar-refractivity contribution is -0.130. The van der Waals surface area contributed by atoms with Crippen molar-refractivity contribution in [2.75, 3.05) is 20.2 Å². The number of benzene rings is 1. The van der Waals surface area contributed by atoms with Gasteiger partial charge in [0, 0.05) is 24.5 Å². The second kappa shape index (κ2) is 8.82. The third-order valence-electron chi connectivity index (χ3n) is 2.97. The molecule has 112 valence electrons. The van der Waals surface area contributed by atoms with Crippen LogP contribution in [-0.2, 0) is 4.79 Å². The summed E-state index contributed by atoms with van der Waals surface area (Å²) in [4.78, 5) is 13.5. The van der Waals surface area contributed by atoms with Crippen LogP contribution in [0.5, 0.6) is 5.75 Å². The smallest absolute Gasteiger partial charge is 0.222 e. The van der Waals surface area contributed by atoms with E-state index in [0.29, 0.717) is 24.6 Å². The number of carbonyl (C=O) groups excluding carboxylic acids is 1. The summed E-state index contributed by atoms with van der Waals surface area (Å²) in [5.41, 5.74) is 5.66. The molecule has 0 aliphatic heterocycles. The molecule has 1 aromatic carbocycles. The van der Waals surface area contributed by atoms with E-state index in [2.05, 4.69) is 0 Å². The molecule has 1 amide bonds. The summed E-state index contributed by atoms with van der Waals surface area (Å²) in [6.07, 6.45) is 2.24. The number of amides is 1. The first kappa shape index (κ1) is 16.8. The summed E-state index contributed by atoms with van der Waals surface area (Å²) >= 11 is 5.86. The van der Waals surface area contributed by atoms with Crippen LogP contribution in [0.1, 0.15) is 26.2 Å². The van der Waals surface area contributed by atoms with E-state index in [4.69, 9.17) is 22.1 Å². The Hall–Kier alpha value is -1.26. The number of hydrogen-bond acceptors (Lipinski definition) is 3. The zero-order chi connectivity index (χ0) is 15.0. The molecule has 0 aromatic heterocycles. The van der Waals surface area contributed by atoms with Crippen molar-refractivity contribution in [3.8, 4) is 5.75 Å². The first-order valence-corrected chi connectivity index (χ1v) is 7.24. The molecule has 5 heteroatoms. The lowest BCUT2D eigenvalue weighted by Crippen LogP contribution is -2.31. The van der Waals surface area contributed by atoms with Gasteiger partial charge >= 0.3 is 0 Å². The van der Waals surface area contributed by atoms with Crippen LogP contribution in [0.15, 0.2) is 24.3 Å². The van der Waals surface area contributed by atoms with Gasteiger partial charge < -0.3 is 15.4 Å². The lowest BCUT2D eigenvalue weighted by Gasteiger charge is -2.17. The van der Waals surface area contributed by atoms with Gasteiger partial charge in [-0.1, -0.05) is 17.7 Å². The average Bonchev–Trinajstić information content (AvgIpc) is 2.38.